The highest BCUT2D eigenvalue weighted by Gasteiger charge is 2.23. The van der Waals surface area contributed by atoms with Gasteiger partial charge in [-0.25, -0.2) is 14.4 Å². The number of nitrogens with zero attached hydrogens (tertiary/aromatic N) is 1. The normalized spacial score (nSPS) is 11.2. The Hall–Kier alpha value is -3.59. The fourth-order valence-corrected chi connectivity index (χ4v) is 4.41. The molecule has 0 amide bonds. The predicted octanol–water partition coefficient (Wildman–Crippen LogP) is 3.59. The molecule has 0 atom stereocenters. The lowest BCUT2D eigenvalue weighted by molar-refractivity contribution is 0.0524. The Labute approximate surface area is 193 Å². The summed E-state index contributed by atoms with van der Waals surface area (Å²) in [5.74, 6) is -0.984. The number of esters is 2. The lowest BCUT2D eigenvalue weighted by atomic mass is 10.1. The van der Waals surface area contributed by atoms with Gasteiger partial charge in [0, 0.05) is 12.1 Å². The van der Waals surface area contributed by atoms with Crippen LogP contribution >= 0.6 is 0 Å². The maximum absolute atomic E-state index is 13.0. The first kappa shape index (κ1) is 24.1. The fourth-order valence-electron chi connectivity index (χ4n) is 3.32. The number of benzene rings is 2. The predicted molar refractivity (Wildman–Crippen MR) is 123 cm³/mol. The Morgan fingerprint density at radius 1 is 0.970 bits per heavy atom. The molecule has 3 aromatic rings. The molecule has 0 saturated heterocycles. The van der Waals surface area contributed by atoms with Gasteiger partial charge in [-0.05, 0) is 56.7 Å². The lowest BCUT2D eigenvalue weighted by Gasteiger charge is -2.15. The SMILES string of the molecule is CCOC(=O)c1cc(Cc2ccc(C(=O)OC)cc2)n(NS(=O)(=O)c2ccc(C)cc2)c1C. The molecule has 0 radical (unpaired) electrons. The van der Waals surface area contributed by atoms with Gasteiger partial charge in [0.2, 0.25) is 0 Å². The quantitative estimate of drug-likeness (QED) is 0.505. The minimum Gasteiger partial charge on any atom is -0.465 e. The van der Waals surface area contributed by atoms with E-state index in [2.05, 4.69) is 4.83 Å². The van der Waals surface area contributed by atoms with E-state index < -0.39 is 22.0 Å². The van der Waals surface area contributed by atoms with Gasteiger partial charge >= 0.3 is 11.9 Å². The number of nitrogens with one attached hydrogen (secondary N) is 1. The molecular weight excluding hydrogens is 444 g/mol. The number of ether oxygens (including phenoxy) is 2. The summed E-state index contributed by atoms with van der Waals surface area (Å²) in [6, 6.07) is 14.8. The molecule has 1 aromatic heterocycles. The number of methoxy groups -OCH3 is 1. The van der Waals surface area contributed by atoms with E-state index in [0.29, 0.717) is 23.4 Å². The number of rotatable bonds is 8. The van der Waals surface area contributed by atoms with Gasteiger partial charge in [0.15, 0.2) is 0 Å². The van der Waals surface area contributed by atoms with Gasteiger partial charge in [-0.15, -0.1) is 0 Å². The van der Waals surface area contributed by atoms with Crippen LogP contribution in [0.25, 0.3) is 0 Å². The molecule has 33 heavy (non-hydrogen) atoms. The van der Waals surface area contributed by atoms with Gasteiger partial charge in [-0.2, -0.15) is 8.42 Å². The van der Waals surface area contributed by atoms with E-state index in [1.807, 2.05) is 6.92 Å². The number of sulfonamides is 1. The van der Waals surface area contributed by atoms with Gasteiger partial charge in [-0.3, -0.25) is 4.68 Å². The van der Waals surface area contributed by atoms with Crippen molar-refractivity contribution in [2.75, 3.05) is 18.5 Å². The molecule has 174 valence electrons. The zero-order chi connectivity index (χ0) is 24.2. The molecule has 1 heterocycles. The van der Waals surface area contributed by atoms with E-state index in [-0.39, 0.29) is 17.1 Å². The highest BCUT2D eigenvalue weighted by molar-refractivity contribution is 7.92. The Bertz CT molecular complexity index is 1260. The Kier molecular flexibility index (Phi) is 7.23. The van der Waals surface area contributed by atoms with E-state index in [9.17, 15) is 18.0 Å². The maximum atomic E-state index is 13.0. The third-order valence-electron chi connectivity index (χ3n) is 5.12. The highest BCUT2D eigenvalue weighted by atomic mass is 32.2. The molecule has 0 bridgehead atoms. The molecule has 9 heteroatoms. The summed E-state index contributed by atoms with van der Waals surface area (Å²) >= 11 is 0. The van der Waals surface area contributed by atoms with Gasteiger partial charge in [0.25, 0.3) is 10.0 Å². The maximum Gasteiger partial charge on any atom is 0.340 e. The standard InChI is InChI=1S/C24H26N2O6S/c1-5-32-24(28)22-15-20(14-18-8-10-19(11-9-18)23(27)31-4)26(17(22)3)25-33(29,30)21-12-6-16(2)7-13-21/h6-13,15,25H,5,14H2,1-4H3. The first-order valence-corrected chi connectivity index (χ1v) is 11.8. The number of aryl methyl sites for hydroxylation is 1. The third kappa shape index (κ3) is 5.43. The van der Waals surface area contributed by atoms with Crippen LogP contribution in [0.4, 0.5) is 0 Å². The first-order chi connectivity index (χ1) is 15.7. The van der Waals surface area contributed by atoms with Crippen LogP contribution in [0.5, 0.6) is 0 Å². The largest absolute Gasteiger partial charge is 0.465 e. The summed E-state index contributed by atoms with van der Waals surface area (Å²) in [5, 5.41) is 0. The van der Waals surface area contributed by atoms with Crippen LogP contribution in [-0.4, -0.2) is 38.7 Å². The minimum absolute atomic E-state index is 0.104. The first-order valence-electron chi connectivity index (χ1n) is 10.3. The van der Waals surface area contributed by atoms with Gasteiger partial charge in [0.05, 0.1) is 35.4 Å². The smallest absolute Gasteiger partial charge is 0.340 e. The molecule has 8 nitrogen and oxygen atoms in total. The minimum atomic E-state index is -3.91. The number of carbonyl (C=O) groups excluding carboxylic acids is 2. The van der Waals surface area contributed by atoms with Crippen LogP contribution in [-0.2, 0) is 25.9 Å². The Morgan fingerprint density at radius 3 is 2.18 bits per heavy atom. The number of aromatic nitrogens is 1. The van der Waals surface area contributed by atoms with Crippen molar-refractivity contribution < 1.29 is 27.5 Å². The molecule has 0 aliphatic heterocycles. The van der Waals surface area contributed by atoms with Gasteiger partial charge < -0.3 is 9.47 Å². The van der Waals surface area contributed by atoms with Crippen LogP contribution in [0.2, 0.25) is 0 Å². The van der Waals surface area contributed by atoms with Crippen LogP contribution in [0.15, 0.2) is 59.5 Å². The zero-order valence-electron chi connectivity index (χ0n) is 18.9. The second-order valence-electron chi connectivity index (χ2n) is 7.46. The van der Waals surface area contributed by atoms with E-state index in [1.165, 1.54) is 23.9 Å². The molecule has 2 aromatic carbocycles. The molecule has 0 unspecified atom stereocenters. The van der Waals surface area contributed by atoms with Crippen molar-refractivity contribution in [2.45, 2.75) is 32.1 Å². The fraction of sp³-hybridized carbons (Fsp3) is 0.250. The summed E-state index contributed by atoms with van der Waals surface area (Å²) in [6.07, 6.45) is 0.304. The van der Waals surface area contributed by atoms with Crippen LogP contribution < -0.4 is 4.83 Å². The number of hydrogen-bond acceptors (Lipinski definition) is 6. The average molecular weight is 471 g/mol. The Balaban J connectivity index is 2.00. The van der Waals surface area contributed by atoms with Crippen molar-refractivity contribution in [3.8, 4) is 0 Å². The zero-order valence-corrected chi connectivity index (χ0v) is 19.7. The molecular formula is C24H26N2O6S. The molecule has 1 N–H and O–H groups in total. The van der Waals surface area contributed by atoms with Crippen LogP contribution in [0.1, 0.15) is 50.2 Å². The summed E-state index contributed by atoms with van der Waals surface area (Å²) in [7, 11) is -2.61. The van der Waals surface area contributed by atoms with Crippen molar-refractivity contribution >= 4 is 22.0 Å². The monoisotopic (exact) mass is 470 g/mol. The topological polar surface area (TPSA) is 104 Å². The average Bonchev–Trinajstić information content (AvgIpc) is 3.09. The molecule has 0 saturated carbocycles. The van der Waals surface area contributed by atoms with Crippen molar-refractivity contribution in [1.82, 2.24) is 4.68 Å². The van der Waals surface area contributed by atoms with Crippen molar-refractivity contribution in [2.24, 2.45) is 0 Å². The molecule has 0 fully saturated rings. The molecule has 0 aliphatic carbocycles. The van der Waals surface area contributed by atoms with Crippen LogP contribution in [0, 0.1) is 13.8 Å². The lowest BCUT2D eigenvalue weighted by Crippen LogP contribution is -2.26. The van der Waals surface area contributed by atoms with Crippen molar-refractivity contribution in [3.63, 3.8) is 0 Å². The third-order valence-corrected chi connectivity index (χ3v) is 6.44. The summed E-state index contributed by atoms with van der Waals surface area (Å²) < 4.78 is 37.3. The van der Waals surface area contributed by atoms with E-state index in [1.54, 1.807) is 56.3 Å². The second kappa shape index (κ2) is 9.91. The van der Waals surface area contributed by atoms with Gasteiger partial charge in [-0.1, -0.05) is 29.8 Å². The van der Waals surface area contributed by atoms with Gasteiger partial charge in [0.1, 0.15) is 0 Å². The van der Waals surface area contributed by atoms with Crippen LogP contribution in [0.3, 0.4) is 0 Å². The van der Waals surface area contributed by atoms with Crippen molar-refractivity contribution in [3.05, 3.63) is 88.2 Å². The summed E-state index contributed by atoms with van der Waals surface area (Å²) in [4.78, 5) is 26.8. The van der Waals surface area contributed by atoms with E-state index in [4.69, 9.17) is 9.47 Å². The molecule has 3 rings (SSSR count). The molecule has 0 aliphatic rings. The van der Waals surface area contributed by atoms with E-state index >= 15 is 0 Å². The number of hydrogen-bond donors (Lipinski definition) is 1. The van der Waals surface area contributed by atoms with E-state index in [0.717, 1.165) is 11.1 Å². The molecule has 0 spiro atoms. The second-order valence-corrected chi connectivity index (χ2v) is 9.12. The number of carbonyl (C=O) groups is 2. The highest BCUT2D eigenvalue weighted by Crippen LogP contribution is 2.21. The van der Waals surface area contributed by atoms with Crippen molar-refractivity contribution in [1.29, 1.82) is 0 Å². The summed E-state index contributed by atoms with van der Waals surface area (Å²) in [6.45, 7) is 5.42. The summed E-state index contributed by atoms with van der Waals surface area (Å²) in [5.41, 5.74) is 3.37. The Morgan fingerprint density at radius 2 is 1.61 bits per heavy atom.